The van der Waals surface area contributed by atoms with Crippen LogP contribution in [0.2, 0.25) is 0 Å². The van der Waals surface area contributed by atoms with Crippen LogP contribution in [0.4, 0.5) is 0 Å². The molecule has 1 heterocycles. The first-order valence-corrected chi connectivity index (χ1v) is 8.41. The van der Waals surface area contributed by atoms with Crippen LogP contribution in [0.3, 0.4) is 0 Å². The van der Waals surface area contributed by atoms with E-state index < -0.39 is 0 Å². The average Bonchev–Trinajstić information content (AvgIpc) is 2.89. The molecule has 0 bridgehead atoms. The molecule has 2 rings (SSSR count). The van der Waals surface area contributed by atoms with Crippen LogP contribution in [-0.4, -0.2) is 17.6 Å². The summed E-state index contributed by atoms with van der Waals surface area (Å²) in [6, 6.07) is 8.47. The lowest BCUT2D eigenvalue weighted by Crippen LogP contribution is -2.31. The van der Waals surface area contributed by atoms with Gasteiger partial charge in [-0.2, -0.15) is 0 Å². The van der Waals surface area contributed by atoms with Gasteiger partial charge in [0, 0.05) is 12.5 Å². The van der Waals surface area contributed by atoms with Gasteiger partial charge in [0.2, 0.25) is 0 Å². The minimum absolute atomic E-state index is 0.477. The van der Waals surface area contributed by atoms with Gasteiger partial charge in [-0.1, -0.05) is 58.1 Å². The number of unbranched alkanes of at least 4 members (excludes halogenated alkanes) is 4. The Labute approximate surface area is 128 Å². The molecule has 2 aromatic rings. The highest BCUT2D eigenvalue weighted by atomic mass is 16.3. The summed E-state index contributed by atoms with van der Waals surface area (Å²) in [5, 5.41) is 3.57. The number of aromatic nitrogens is 1. The van der Waals surface area contributed by atoms with Crippen molar-refractivity contribution in [1.82, 2.24) is 10.3 Å². The Morgan fingerprint density at radius 2 is 1.90 bits per heavy atom. The maximum Gasteiger partial charge on any atom is 0.197 e. The van der Waals surface area contributed by atoms with Crippen LogP contribution in [0, 0.1) is 0 Å². The standard InChI is InChI=1S/C18H28N2O/c1-3-5-6-7-8-11-15(19-4-2)14-18-20-16-12-9-10-13-17(16)21-18/h9-10,12-13,15,19H,3-8,11,14H2,1-2H3. The van der Waals surface area contributed by atoms with E-state index in [1.165, 1.54) is 38.5 Å². The summed E-state index contributed by atoms with van der Waals surface area (Å²) in [5.74, 6) is 0.857. The molecule has 116 valence electrons. The van der Waals surface area contributed by atoms with Crippen molar-refractivity contribution in [2.75, 3.05) is 6.54 Å². The highest BCUT2D eigenvalue weighted by molar-refractivity contribution is 5.72. The van der Waals surface area contributed by atoms with E-state index >= 15 is 0 Å². The van der Waals surface area contributed by atoms with Crippen LogP contribution < -0.4 is 5.32 Å². The SMILES string of the molecule is CCCCCCCC(Cc1nc2ccccc2o1)NCC. The summed E-state index contributed by atoms with van der Waals surface area (Å²) < 4.78 is 5.84. The number of benzene rings is 1. The van der Waals surface area contributed by atoms with Crippen LogP contribution in [-0.2, 0) is 6.42 Å². The molecule has 0 radical (unpaired) electrons. The number of oxazole rings is 1. The van der Waals surface area contributed by atoms with E-state index in [0.717, 1.165) is 30.0 Å². The second-order valence-corrected chi connectivity index (χ2v) is 5.74. The summed E-state index contributed by atoms with van der Waals surface area (Å²) in [7, 11) is 0. The summed E-state index contributed by atoms with van der Waals surface area (Å²) >= 11 is 0. The molecule has 0 aliphatic carbocycles. The average molecular weight is 288 g/mol. The molecule has 0 aliphatic rings. The third kappa shape index (κ3) is 5.16. The van der Waals surface area contributed by atoms with Gasteiger partial charge in [-0.05, 0) is 25.1 Å². The normalized spacial score (nSPS) is 12.9. The zero-order valence-electron chi connectivity index (χ0n) is 13.4. The van der Waals surface area contributed by atoms with Crippen molar-refractivity contribution in [3.05, 3.63) is 30.2 Å². The quantitative estimate of drug-likeness (QED) is 0.643. The zero-order chi connectivity index (χ0) is 14.9. The van der Waals surface area contributed by atoms with Gasteiger partial charge in [-0.25, -0.2) is 4.98 Å². The highest BCUT2D eigenvalue weighted by Gasteiger charge is 2.13. The van der Waals surface area contributed by atoms with E-state index in [2.05, 4.69) is 24.1 Å². The van der Waals surface area contributed by atoms with Gasteiger partial charge >= 0.3 is 0 Å². The van der Waals surface area contributed by atoms with Crippen molar-refractivity contribution in [2.45, 2.75) is 64.8 Å². The predicted octanol–water partition coefficient (Wildman–Crippen LogP) is 4.71. The van der Waals surface area contributed by atoms with Gasteiger partial charge in [0.15, 0.2) is 11.5 Å². The fourth-order valence-corrected chi connectivity index (χ4v) is 2.78. The highest BCUT2D eigenvalue weighted by Crippen LogP contribution is 2.17. The number of rotatable bonds is 10. The Morgan fingerprint density at radius 1 is 1.10 bits per heavy atom. The largest absolute Gasteiger partial charge is 0.441 e. The number of hydrogen-bond acceptors (Lipinski definition) is 3. The number of fused-ring (bicyclic) bond motifs is 1. The topological polar surface area (TPSA) is 38.1 Å². The third-order valence-corrected chi connectivity index (χ3v) is 3.91. The lowest BCUT2D eigenvalue weighted by atomic mass is 10.0. The van der Waals surface area contributed by atoms with Crippen LogP contribution in [0.1, 0.15) is 58.3 Å². The molecule has 0 saturated heterocycles. The monoisotopic (exact) mass is 288 g/mol. The fourth-order valence-electron chi connectivity index (χ4n) is 2.78. The number of likely N-dealkylation sites (N-methyl/N-ethyl adjacent to an activating group) is 1. The van der Waals surface area contributed by atoms with Gasteiger partial charge < -0.3 is 9.73 Å². The first kappa shape index (κ1) is 16.0. The van der Waals surface area contributed by atoms with Crippen molar-refractivity contribution in [1.29, 1.82) is 0 Å². The van der Waals surface area contributed by atoms with E-state index in [9.17, 15) is 0 Å². The first-order valence-electron chi connectivity index (χ1n) is 8.41. The van der Waals surface area contributed by atoms with Crippen LogP contribution in [0.25, 0.3) is 11.1 Å². The summed E-state index contributed by atoms with van der Waals surface area (Å²) in [6.45, 7) is 5.42. The zero-order valence-corrected chi connectivity index (χ0v) is 13.4. The molecule has 0 fully saturated rings. The molecule has 0 amide bonds. The van der Waals surface area contributed by atoms with Gasteiger partial charge in [-0.3, -0.25) is 0 Å². The van der Waals surface area contributed by atoms with Crippen molar-refractivity contribution in [3.8, 4) is 0 Å². The second-order valence-electron chi connectivity index (χ2n) is 5.74. The molecule has 1 unspecified atom stereocenters. The number of hydrogen-bond donors (Lipinski definition) is 1. The molecule has 0 aliphatic heterocycles. The van der Waals surface area contributed by atoms with Crippen molar-refractivity contribution in [2.24, 2.45) is 0 Å². The molecule has 3 nitrogen and oxygen atoms in total. The molecular formula is C18H28N2O. The third-order valence-electron chi connectivity index (χ3n) is 3.91. The Morgan fingerprint density at radius 3 is 2.67 bits per heavy atom. The molecule has 1 atom stereocenters. The Hall–Kier alpha value is -1.35. The number of para-hydroxylation sites is 2. The van der Waals surface area contributed by atoms with Crippen molar-refractivity contribution in [3.63, 3.8) is 0 Å². The molecule has 0 spiro atoms. The minimum Gasteiger partial charge on any atom is -0.441 e. The van der Waals surface area contributed by atoms with Crippen molar-refractivity contribution < 1.29 is 4.42 Å². The van der Waals surface area contributed by atoms with E-state index in [1.54, 1.807) is 0 Å². The van der Waals surface area contributed by atoms with E-state index in [4.69, 9.17) is 4.42 Å². The Bertz CT molecular complexity index is 488. The lowest BCUT2D eigenvalue weighted by Gasteiger charge is -2.15. The summed E-state index contributed by atoms with van der Waals surface area (Å²) in [5.41, 5.74) is 1.86. The second kappa shape index (κ2) is 8.83. The Balaban J connectivity index is 1.86. The number of nitrogens with one attached hydrogen (secondary N) is 1. The maximum atomic E-state index is 5.84. The van der Waals surface area contributed by atoms with Gasteiger partial charge in [-0.15, -0.1) is 0 Å². The van der Waals surface area contributed by atoms with Crippen LogP contribution >= 0.6 is 0 Å². The van der Waals surface area contributed by atoms with Crippen LogP contribution in [0.5, 0.6) is 0 Å². The molecular weight excluding hydrogens is 260 g/mol. The predicted molar refractivity (Wildman–Crippen MR) is 88.6 cm³/mol. The van der Waals surface area contributed by atoms with E-state index in [-0.39, 0.29) is 0 Å². The molecule has 1 aromatic heterocycles. The Kier molecular flexibility index (Phi) is 6.74. The summed E-state index contributed by atoms with van der Waals surface area (Å²) in [6.07, 6.45) is 8.74. The molecule has 1 N–H and O–H groups in total. The van der Waals surface area contributed by atoms with Gasteiger partial charge in [0.25, 0.3) is 0 Å². The van der Waals surface area contributed by atoms with Crippen LogP contribution in [0.15, 0.2) is 28.7 Å². The van der Waals surface area contributed by atoms with Gasteiger partial charge in [0.05, 0.1) is 0 Å². The molecule has 0 saturated carbocycles. The van der Waals surface area contributed by atoms with Crippen molar-refractivity contribution >= 4 is 11.1 Å². The minimum atomic E-state index is 0.477. The fraction of sp³-hybridized carbons (Fsp3) is 0.611. The maximum absolute atomic E-state index is 5.84. The van der Waals surface area contributed by atoms with E-state index in [1.807, 2.05) is 24.3 Å². The van der Waals surface area contributed by atoms with Gasteiger partial charge in [0.1, 0.15) is 5.52 Å². The molecule has 1 aromatic carbocycles. The van der Waals surface area contributed by atoms with E-state index in [0.29, 0.717) is 6.04 Å². The number of nitrogens with zero attached hydrogens (tertiary/aromatic N) is 1. The molecule has 21 heavy (non-hydrogen) atoms. The lowest BCUT2D eigenvalue weighted by molar-refractivity contribution is 0.417. The molecule has 3 heteroatoms. The smallest absolute Gasteiger partial charge is 0.197 e. The summed E-state index contributed by atoms with van der Waals surface area (Å²) in [4.78, 5) is 4.59. The first-order chi connectivity index (χ1) is 10.3.